The van der Waals surface area contributed by atoms with E-state index in [1.807, 2.05) is 5.32 Å². The van der Waals surface area contributed by atoms with E-state index in [2.05, 4.69) is 0 Å². The molecule has 4 rings (SSSR count). The number of rotatable bonds is 4. The quantitative estimate of drug-likeness (QED) is 0.509. The van der Waals surface area contributed by atoms with Crippen LogP contribution in [0.4, 0.5) is 17.6 Å². The normalized spacial score (nSPS) is 15.2. The number of amides is 1. The van der Waals surface area contributed by atoms with Gasteiger partial charge >= 0.3 is 12.1 Å². The molecule has 0 saturated heterocycles. The van der Waals surface area contributed by atoms with E-state index in [9.17, 15) is 37.1 Å². The molecule has 2 heterocycles. The second-order valence-corrected chi connectivity index (χ2v) is 7.21. The van der Waals surface area contributed by atoms with E-state index >= 15 is 0 Å². The highest BCUT2D eigenvalue weighted by Crippen LogP contribution is 2.40. The molecular formula is C21H14F4N2O6. The van der Waals surface area contributed by atoms with Crippen LogP contribution in [-0.2, 0) is 17.5 Å². The maximum atomic E-state index is 14.6. The fraction of sp³-hybridized carbons (Fsp3) is 0.190. The molecule has 1 unspecified atom stereocenters. The Balaban J connectivity index is 1.83. The average Bonchev–Trinajstić information content (AvgIpc) is 2.75. The van der Waals surface area contributed by atoms with Gasteiger partial charge in [0.15, 0.2) is 0 Å². The first-order chi connectivity index (χ1) is 15.5. The first-order valence-electron chi connectivity index (χ1n) is 9.40. The number of ether oxygens (including phenoxy) is 1. The summed E-state index contributed by atoms with van der Waals surface area (Å²) in [4.78, 5) is 36.2. The first-order valence-corrected chi connectivity index (χ1v) is 9.40. The molecule has 0 fully saturated rings. The highest BCUT2D eigenvalue weighted by molar-refractivity contribution is 6.04. The zero-order valence-corrected chi connectivity index (χ0v) is 16.4. The number of alkyl halides is 3. The minimum atomic E-state index is -4.55. The molecule has 1 aromatic heterocycles. The summed E-state index contributed by atoms with van der Waals surface area (Å²) < 4.78 is 59.9. The maximum Gasteiger partial charge on any atom is 0.416 e. The number of hydrogen-bond donors (Lipinski definition) is 3. The SMILES string of the molecule is O=C(O)CNC(=O)c1c(O)c2c(F)ccc3c2n(c1=O)CC(c1ccc(C(F)(F)F)cc1)O3. The van der Waals surface area contributed by atoms with Crippen molar-refractivity contribution in [3.63, 3.8) is 0 Å². The van der Waals surface area contributed by atoms with Gasteiger partial charge in [-0.1, -0.05) is 12.1 Å². The highest BCUT2D eigenvalue weighted by atomic mass is 19.4. The van der Waals surface area contributed by atoms with Gasteiger partial charge in [-0.2, -0.15) is 13.2 Å². The second kappa shape index (κ2) is 7.80. The molecule has 3 N–H and O–H groups in total. The Labute approximate surface area is 181 Å². The third kappa shape index (κ3) is 3.83. The third-order valence-corrected chi connectivity index (χ3v) is 5.15. The number of aromatic nitrogens is 1. The number of benzene rings is 2. The Hall–Kier alpha value is -4.09. The monoisotopic (exact) mass is 466 g/mol. The van der Waals surface area contributed by atoms with Crippen molar-refractivity contribution < 1.29 is 42.1 Å². The first kappa shape index (κ1) is 22.1. The van der Waals surface area contributed by atoms with Crippen molar-refractivity contribution in [3.05, 3.63) is 69.3 Å². The summed E-state index contributed by atoms with van der Waals surface area (Å²) >= 11 is 0. The van der Waals surface area contributed by atoms with Gasteiger partial charge in [0.2, 0.25) is 0 Å². The summed E-state index contributed by atoms with van der Waals surface area (Å²) in [5.74, 6) is -4.62. The number of carboxylic acids is 1. The number of carbonyl (C=O) groups is 2. The van der Waals surface area contributed by atoms with Crippen molar-refractivity contribution in [2.75, 3.05) is 6.54 Å². The van der Waals surface area contributed by atoms with Gasteiger partial charge in [-0.3, -0.25) is 19.0 Å². The lowest BCUT2D eigenvalue weighted by molar-refractivity contribution is -0.138. The Morgan fingerprint density at radius 2 is 1.82 bits per heavy atom. The van der Waals surface area contributed by atoms with Gasteiger partial charge in [0.25, 0.3) is 11.5 Å². The molecule has 8 nitrogen and oxygen atoms in total. The molecule has 0 aliphatic carbocycles. The second-order valence-electron chi connectivity index (χ2n) is 7.21. The van der Waals surface area contributed by atoms with Crippen LogP contribution in [0.25, 0.3) is 10.9 Å². The number of nitrogens with zero attached hydrogens (tertiary/aromatic N) is 1. The molecule has 33 heavy (non-hydrogen) atoms. The summed E-state index contributed by atoms with van der Waals surface area (Å²) in [6.07, 6.45) is -5.51. The molecule has 0 saturated carbocycles. The van der Waals surface area contributed by atoms with E-state index in [1.54, 1.807) is 0 Å². The van der Waals surface area contributed by atoms with Crippen LogP contribution in [0.2, 0.25) is 0 Å². The maximum absolute atomic E-state index is 14.6. The van der Waals surface area contributed by atoms with Gasteiger partial charge in [0, 0.05) is 0 Å². The predicted molar refractivity (Wildman–Crippen MR) is 105 cm³/mol. The van der Waals surface area contributed by atoms with Crippen molar-refractivity contribution in [2.24, 2.45) is 0 Å². The zero-order valence-electron chi connectivity index (χ0n) is 16.4. The average molecular weight is 466 g/mol. The van der Waals surface area contributed by atoms with Gasteiger partial charge < -0.3 is 20.3 Å². The largest absolute Gasteiger partial charge is 0.506 e. The molecule has 1 atom stereocenters. The van der Waals surface area contributed by atoms with Crippen molar-refractivity contribution in [1.29, 1.82) is 0 Å². The number of halogens is 4. The molecule has 1 amide bonds. The topological polar surface area (TPSA) is 118 Å². The van der Waals surface area contributed by atoms with Crippen molar-refractivity contribution in [3.8, 4) is 11.5 Å². The minimum absolute atomic E-state index is 0.0348. The third-order valence-electron chi connectivity index (χ3n) is 5.15. The molecule has 172 valence electrons. The molecule has 1 aliphatic rings. The van der Waals surface area contributed by atoms with E-state index in [-0.39, 0.29) is 23.4 Å². The number of hydrogen-bond acceptors (Lipinski definition) is 5. The number of carbonyl (C=O) groups excluding carboxylic acids is 1. The highest BCUT2D eigenvalue weighted by Gasteiger charge is 2.33. The number of aliphatic carboxylic acids is 1. The molecule has 12 heteroatoms. The summed E-state index contributed by atoms with van der Waals surface area (Å²) in [6.45, 7) is -1.16. The van der Waals surface area contributed by atoms with Gasteiger partial charge in [-0.05, 0) is 29.8 Å². The van der Waals surface area contributed by atoms with Crippen LogP contribution in [0, 0.1) is 5.82 Å². The lowest BCUT2D eigenvalue weighted by Crippen LogP contribution is -2.38. The van der Waals surface area contributed by atoms with Crippen molar-refractivity contribution >= 4 is 22.8 Å². The number of aromatic hydroxyl groups is 1. The number of carboxylic acid groups (broad SMARTS) is 1. The van der Waals surface area contributed by atoms with E-state index < -0.39 is 64.3 Å². The van der Waals surface area contributed by atoms with Crippen LogP contribution in [0.5, 0.6) is 11.5 Å². The van der Waals surface area contributed by atoms with Crippen LogP contribution >= 0.6 is 0 Å². The van der Waals surface area contributed by atoms with Crippen LogP contribution in [0.1, 0.15) is 27.6 Å². The van der Waals surface area contributed by atoms with Crippen LogP contribution in [-0.4, -0.2) is 33.2 Å². The minimum Gasteiger partial charge on any atom is -0.506 e. The zero-order chi connectivity index (χ0) is 24.1. The predicted octanol–water partition coefficient (Wildman–Crippen LogP) is 2.81. The van der Waals surface area contributed by atoms with E-state index in [0.29, 0.717) is 0 Å². The van der Waals surface area contributed by atoms with Gasteiger partial charge in [-0.25, -0.2) is 4.39 Å². The number of pyridine rings is 1. The molecule has 0 bridgehead atoms. The van der Waals surface area contributed by atoms with Gasteiger partial charge in [0.1, 0.15) is 41.0 Å². The summed E-state index contributed by atoms with van der Waals surface area (Å²) in [5.41, 5.74) is -2.66. The van der Waals surface area contributed by atoms with Crippen molar-refractivity contribution in [2.45, 2.75) is 18.8 Å². The Bertz CT molecular complexity index is 1350. The molecule has 0 spiro atoms. The standard InChI is InChI=1S/C21H14F4N2O6/c22-11-5-6-12-17-15(11)18(30)16(19(31)26-7-14(28)29)20(32)27(17)8-13(33-12)9-1-3-10(4-2-9)21(23,24)25/h1-6,13,30H,7-8H2,(H,26,31)(H,28,29). The van der Waals surface area contributed by atoms with E-state index in [0.717, 1.165) is 22.8 Å². The molecule has 2 aromatic carbocycles. The Morgan fingerprint density at radius 1 is 1.15 bits per heavy atom. The molecule has 0 radical (unpaired) electrons. The summed E-state index contributed by atoms with van der Waals surface area (Å²) in [5, 5.41) is 20.7. The molecule has 1 aliphatic heterocycles. The lowest BCUT2D eigenvalue weighted by Gasteiger charge is -2.29. The van der Waals surface area contributed by atoms with Gasteiger partial charge in [0.05, 0.1) is 17.5 Å². The molecular weight excluding hydrogens is 452 g/mol. The van der Waals surface area contributed by atoms with Crippen LogP contribution < -0.4 is 15.6 Å². The van der Waals surface area contributed by atoms with Crippen molar-refractivity contribution in [1.82, 2.24) is 9.88 Å². The number of nitrogens with one attached hydrogen (secondary N) is 1. The fourth-order valence-corrected chi connectivity index (χ4v) is 3.64. The molecule has 3 aromatic rings. The van der Waals surface area contributed by atoms with E-state index in [1.165, 1.54) is 18.2 Å². The van der Waals surface area contributed by atoms with Crippen LogP contribution in [0.3, 0.4) is 0 Å². The van der Waals surface area contributed by atoms with Gasteiger partial charge in [-0.15, -0.1) is 0 Å². The Kier molecular flexibility index (Phi) is 5.23. The fourth-order valence-electron chi connectivity index (χ4n) is 3.64. The smallest absolute Gasteiger partial charge is 0.416 e. The summed E-state index contributed by atoms with van der Waals surface area (Å²) in [6, 6.07) is 6.15. The Morgan fingerprint density at radius 3 is 2.42 bits per heavy atom. The lowest BCUT2D eigenvalue weighted by atomic mass is 10.0. The van der Waals surface area contributed by atoms with Crippen LogP contribution in [0.15, 0.2) is 41.2 Å². The van der Waals surface area contributed by atoms with E-state index in [4.69, 9.17) is 9.84 Å². The summed E-state index contributed by atoms with van der Waals surface area (Å²) in [7, 11) is 0.